The Labute approximate surface area is 129 Å². The Hall–Kier alpha value is -0.970. The average Bonchev–Trinajstić information content (AvgIpc) is 2.52. The highest BCUT2D eigenvalue weighted by molar-refractivity contribution is 5.14. The Kier molecular flexibility index (Phi) is 10.0. The van der Waals surface area contributed by atoms with Gasteiger partial charge < -0.3 is 14.8 Å². The Morgan fingerprint density at radius 1 is 1.19 bits per heavy atom. The summed E-state index contributed by atoms with van der Waals surface area (Å²) < 4.78 is 10.6. The second kappa shape index (κ2) is 11.7. The van der Waals surface area contributed by atoms with E-state index >= 15 is 0 Å². The van der Waals surface area contributed by atoms with Crippen LogP contribution in [0.15, 0.2) is 18.3 Å². The topological polar surface area (TPSA) is 43.4 Å². The molecule has 0 radical (unpaired) electrons. The zero-order valence-corrected chi connectivity index (χ0v) is 13.7. The molecule has 0 aliphatic heterocycles. The standard InChI is InChI=1S/C17H30N2O2/c1-4-9-18-17(8-10-21-12-11-20-3)13-16-7-6-15(5-2)14-19-16/h6-7,14,17-18H,4-5,8-13H2,1-3H3. The molecule has 1 atom stereocenters. The van der Waals surface area contributed by atoms with E-state index in [1.165, 1.54) is 5.56 Å². The lowest BCUT2D eigenvalue weighted by molar-refractivity contribution is 0.0658. The molecule has 4 heteroatoms. The maximum atomic E-state index is 5.57. The van der Waals surface area contributed by atoms with E-state index in [1.807, 2.05) is 6.20 Å². The Balaban J connectivity index is 2.40. The molecule has 0 spiro atoms. The maximum absolute atomic E-state index is 5.57. The second-order valence-electron chi connectivity index (χ2n) is 5.26. The summed E-state index contributed by atoms with van der Waals surface area (Å²) in [5.74, 6) is 0. The van der Waals surface area contributed by atoms with E-state index in [4.69, 9.17) is 9.47 Å². The number of nitrogens with one attached hydrogen (secondary N) is 1. The van der Waals surface area contributed by atoms with Gasteiger partial charge in [-0.1, -0.05) is 19.9 Å². The number of aromatic nitrogens is 1. The van der Waals surface area contributed by atoms with Crippen molar-refractivity contribution in [3.05, 3.63) is 29.6 Å². The van der Waals surface area contributed by atoms with Crippen molar-refractivity contribution >= 4 is 0 Å². The highest BCUT2D eigenvalue weighted by Gasteiger charge is 2.09. The van der Waals surface area contributed by atoms with Crippen molar-refractivity contribution in [3.8, 4) is 0 Å². The molecule has 1 rings (SSSR count). The molecule has 0 aliphatic rings. The van der Waals surface area contributed by atoms with Gasteiger partial charge in [0.1, 0.15) is 0 Å². The van der Waals surface area contributed by atoms with Crippen molar-refractivity contribution in [3.63, 3.8) is 0 Å². The predicted molar refractivity (Wildman–Crippen MR) is 86.7 cm³/mol. The number of pyridine rings is 1. The first-order valence-electron chi connectivity index (χ1n) is 8.04. The quantitative estimate of drug-likeness (QED) is 0.602. The monoisotopic (exact) mass is 294 g/mol. The van der Waals surface area contributed by atoms with Gasteiger partial charge in [0.05, 0.1) is 13.2 Å². The van der Waals surface area contributed by atoms with E-state index in [-0.39, 0.29) is 0 Å². The minimum atomic E-state index is 0.424. The van der Waals surface area contributed by atoms with Crippen LogP contribution in [0.5, 0.6) is 0 Å². The van der Waals surface area contributed by atoms with Crippen molar-refractivity contribution in [2.75, 3.05) is 33.5 Å². The molecule has 120 valence electrons. The van der Waals surface area contributed by atoms with Crippen LogP contribution in [0.2, 0.25) is 0 Å². The summed E-state index contributed by atoms with van der Waals surface area (Å²) in [5, 5.41) is 3.59. The first-order valence-corrected chi connectivity index (χ1v) is 8.04. The zero-order valence-electron chi connectivity index (χ0n) is 13.7. The third-order valence-electron chi connectivity index (χ3n) is 3.48. The van der Waals surface area contributed by atoms with E-state index in [1.54, 1.807) is 7.11 Å². The minimum absolute atomic E-state index is 0.424. The van der Waals surface area contributed by atoms with Crippen LogP contribution >= 0.6 is 0 Å². The number of hydrogen-bond donors (Lipinski definition) is 1. The Morgan fingerprint density at radius 2 is 2.05 bits per heavy atom. The highest BCUT2D eigenvalue weighted by atomic mass is 16.5. The van der Waals surface area contributed by atoms with Gasteiger partial charge in [0.2, 0.25) is 0 Å². The smallest absolute Gasteiger partial charge is 0.0700 e. The Bertz CT molecular complexity index is 354. The summed E-state index contributed by atoms with van der Waals surface area (Å²) >= 11 is 0. The van der Waals surface area contributed by atoms with Gasteiger partial charge in [0, 0.05) is 38.1 Å². The van der Waals surface area contributed by atoms with Crippen molar-refractivity contribution in [1.82, 2.24) is 10.3 Å². The van der Waals surface area contributed by atoms with Crippen LogP contribution in [0.3, 0.4) is 0 Å². The van der Waals surface area contributed by atoms with Gasteiger partial charge in [-0.05, 0) is 37.4 Å². The summed E-state index contributed by atoms with van der Waals surface area (Å²) in [6.45, 7) is 7.47. The van der Waals surface area contributed by atoms with Crippen molar-refractivity contribution < 1.29 is 9.47 Å². The molecule has 1 aromatic heterocycles. The number of methoxy groups -OCH3 is 1. The molecule has 1 heterocycles. The highest BCUT2D eigenvalue weighted by Crippen LogP contribution is 2.06. The average molecular weight is 294 g/mol. The molecule has 21 heavy (non-hydrogen) atoms. The van der Waals surface area contributed by atoms with Crippen LogP contribution in [0.1, 0.15) is 37.9 Å². The molecule has 0 saturated heterocycles. The zero-order chi connectivity index (χ0) is 15.3. The summed E-state index contributed by atoms with van der Waals surface area (Å²) in [6.07, 6.45) is 6.13. The van der Waals surface area contributed by atoms with E-state index < -0.39 is 0 Å². The molecule has 1 N–H and O–H groups in total. The van der Waals surface area contributed by atoms with Gasteiger partial charge in [0.25, 0.3) is 0 Å². The lowest BCUT2D eigenvalue weighted by Crippen LogP contribution is -2.33. The molecule has 0 amide bonds. The summed E-state index contributed by atoms with van der Waals surface area (Å²) in [4.78, 5) is 4.55. The van der Waals surface area contributed by atoms with Crippen molar-refractivity contribution in [2.24, 2.45) is 0 Å². The van der Waals surface area contributed by atoms with Crippen molar-refractivity contribution in [2.45, 2.75) is 45.6 Å². The van der Waals surface area contributed by atoms with Gasteiger partial charge in [-0.3, -0.25) is 4.98 Å². The molecule has 0 fully saturated rings. The number of ether oxygens (including phenoxy) is 2. The fourth-order valence-electron chi connectivity index (χ4n) is 2.13. The fourth-order valence-corrected chi connectivity index (χ4v) is 2.13. The number of hydrogen-bond acceptors (Lipinski definition) is 4. The Morgan fingerprint density at radius 3 is 2.67 bits per heavy atom. The molecule has 4 nitrogen and oxygen atoms in total. The van der Waals surface area contributed by atoms with Gasteiger partial charge >= 0.3 is 0 Å². The van der Waals surface area contributed by atoms with Crippen molar-refractivity contribution in [1.29, 1.82) is 0 Å². The maximum Gasteiger partial charge on any atom is 0.0700 e. The van der Waals surface area contributed by atoms with Crippen LogP contribution in [-0.4, -0.2) is 44.5 Å². The molecular weight excluding hydrogens is 264 g/mol. The summed E-state index contributed by atoms with van der Waals surface area (Å²) in [5.41, 5.74) is 2.44. The lowest BCUT2D eigenvalue weighted by Gasteiger charge is -2.18. The SMILES string of the molecule is CCCNC(CCOCCOC)Cc1ccc(CC)cn1. The van der Waals surface area contributed by atoms with Gasteiger partial charge in [-0.25, -0.2) is 0 Å². The van der Waals surface area contributed by atoms with Crippen LogP contribution in [0.25, 0.3) is 0 Å². The third kappa shape index (κ3) is 8.15. The van der Waals surface area contributed by atoms with Gasteiger partial charge in [0.15, 0.2) is 0 Å². The molecule has 0 saturated carbocycles. The summed E-state index contributed by atoms with van der Waals surface area (Å²) in [7, 11) is 1.70. The first-order chi connectivity index (χ1) is 10.3. The van der Waals surface area contributed by atoms with E-state index in [9.17, 15) is 0 Å². The number of rotatable bonds is 12. The van der Waals surface area contributed by atoms with Crippen LogP contribution < -0.4 is 5.32 Å². The lowest BCUT2D eigenvalue weighted by atomic mass is 10.1. The van der Waals surface area contributed by atoms with Crippen LogP contribution in [-0.2, 0) is 22.3 Å². The predicted octanol–water partition coefficient (Wildman–Crippen LogP) is 2.61. The molecule has 0 aliphatic carbocycles. The molecular formula is C17H30N2O2. The van der Waals surface area contributed by atoms with Gasteiger partial charge in [-0.15, -0.1) is 0 Å². The fraction of sp³-hybridized carbons (Fsp3) is 0.706. The largest absolute Gasteiger partial charge is 0.382 e. The van der Waals surface area contributed by atoms with E-state index in [2.05, 4.69) is 36.3 Å². The van der Waals surface area contributed by atoms with Crippen LogP contribution in [0.4, 0.5) is 0 Å². The van der Waals surface area contributed by atoms with E-state index in [0.717, 1.165) is 44.5 Å². The third-order valence-corrected chi connectivity index (χ3v) is 3.48. The minimum Gasteiger partial charge on any atom is -0.382 e. The molecule has 1 aromatic rings. The normalized spacial score (nSPS) is 12.5. The van der Waals surface area contributed by atoms with Crippen LogP contribution in [0, 0.1) is 0 Å². The second-order valence-corrected chi connectivity index (χ2v) is 5.26. The van der Waals surface area contributed by atoms with E-state index in [0.29, 0.717) is 19.3 Å². The molecule has 0 bridgehead atoms. The molecule has 0 aromatic carbocycles. The first kappa shape index (κ1) is 18.1. The van der Waals surface area contributed by atoms with Gasteiger partial charge in [-0.2, -0.15) is 0 Å². The molecule has 1 unspecified atom stereocenters. The summed E-state index contributed by atoms with van der Waals surface area (Å²) in [6, 6.07) is 4.74. The number of aryl methyl sites for hydroxylation is 1. The number of nitrogens with zero attached hydrogens (tertiary/aromatic N) is 1.